The first kappa shape index (κ1) is 17.5. The van der Waals surface area contributed by atoms with Gasteiger partial charge in [0.05, 0.1) is 11.6 Å². The first-order valence-electron chi connectivity index (χ1n) is 8.41. The summed E-state index contributed by atoms with van der Waals surface area (Å²) >= 11 is 1.32. The zero-order chi connectivity index (χ0) is 17.6. The largest absolute Gasteiger partial charge is 0.353 e. The number of dihydropyridines is 1. The van der Waals surface area contributed by atoms with Gasteiger partial charge in [-0.1, -0.05) is 18.9 Å². The first-order chi connectivity index (χ1) is 12.1. The summed E-state index contributed by atoms with van der Waals surface area (Å²) in [5, 5.41) is 8.08. The Bertz CT molecular complexity index is 703. The molecule has 1 aromatic heterocycles. The molecule has 132 valence electrons. The zero-order valence-corrected chi connectivity index (χ0v) is 14.6. The number of amides is 3. The third-order valence-corrected chi connectivity index (χ3v) is 5.03. The lowest BCUT2D eigenvalue weighted by atomic mass is 10.1. The van der Waals surface area contributed by atoms with E-state index in [0.29, 0.717) is 24.0 Å². The van der Waals surface area contributed by atoms with E-state index in [1.54, 1.807) is 0 Å². The average molecular weight is 360 g/mol. The van der Waals surface area contributed by atoms with Crippen molar-refractivity contribution in [2.45, 2.75) is 44.6 Å². The van der Waals surface area contributed by atoms with Gasteiger partial charge in [0.15, 0.2) is 5.13 Å². The van der Waals surface area contributed by atoms with Crippen LogP contribution in [0, 0.1) is 5.92 Å². The summed E-state index contributed by atoms with van der Waals surface area (Å²) in [6, 6.07) is 0.329. The Hall–Kier alpha value is -2.35. The van der Waals surface area contributed by atoms with Crippen LogP contribution in [0.2, 0.25) is 0 Å². The van der Waals surface area contributed by atoms with Crippen LogP contribution in [0.1, 0.15) is 37.8 Å². The van der Waals surface area contributed by atoms with Crippen LogP contribution in [0.4, 0.5) is 5.13 Å². The Morgan fingerprint density at radius 2 is 2.08 bits per heavy atom. The number of thiazole rings is 1. The minimum atomic E-state index is -0.567. The fourth-order valence-electron chi connectivity index (χ4n) is 2.87. The number of anilines is 1. The van der Waals surface area contributed by atoms with Gasteiger partial charge in [0.1, 0.15) is 0 Å². The minimum Gasteiger partial charge on any atom is -0.353 e. The van der Waals surface area contributed by atoms with Crippen molar-refractivity contribution in [3.8, 4) is 0 Å². The molecule has 1 atom stereocenters. The summed E-state index contributed by atoms with van der Waals surface area (Å²) in [6.45, 7) is 0. The maximum absolute atomic E-state index is 12.1. The SMILES string of the molecule is O=C1C=CC(C(=O)Nc2nc(CCC(=O)NC3CCCC3)cs2)C=N1. The number of hydrogen-bond donors (Lipinski definition) is 2. The molecule has 3 rings (SSSR count). The Kier molecular flexibility index (Phi) is 5.70. The van der Waals surface area contributed by atoms with Gasteiger partial charge in [-0.15, -0.1) is 11.3 Å². The van der Waals surface area contributed by atoms with E-state index in [0.717, 1.165) is 18.5 Å². The number of rotatable bonds is 6. The summed E-state index contributed by atoms with van der Waals surface area (Å²) in [5.74, 6) is -1.16. The molecule has 1 saturated carbocycles. The van der Waals surface area contributed by atoms with Gasteiger partial charge >= 0.3 is 0 Å². The second kappa shape index (κ2) is 8.15. The van der Waals surface area contributed by atoms with Crippen molar-refractivity contribution in [3.05, 3.63) is 23.2 Å². The first-order valence-corrected chi connectivity index (χ1v) is 9.29. The molecule has 0 spiro atoms. The fourth-order valence-corrected chi connectivity index (χ4v) is 3.61. The third kappa shape index (κ3) is 5.06. The number of aryl methyl sites for hydroxylation is 1. The van der Waals surface area contributed by atoms with Gasteiger partial charge in [-0.3, -0.25) is 14.4 Å². The minimum absolute atomic E-state index is 0.0544. The smallest absolute Gasteiger partial charge is 0.269 e. The molecule has 0 radical (unpaired) electrons. The highest BCUT2D eigenvalue weighted by Crippen LogP contribution is 2.19. The molecule has 25 heavy (non-hydrogen) atoms. The van der Waals surface area contributed by atoms with Gasteiger partial charge in [0.2, 0.25) is 11.8 Å². The van der Waals surface area contributed by atoms with Crippen LogP contribution in [0.25, 0.3) is 0 Å². The van der Waals surface area contributed by atoms with Gasteiger partial charge in [0.25, 0.3) is 5.91 Å². The molecule has 1 unspecified atom stereocenters. The number of carbonyl (C=O) groups excluding carboxylic acids is 3. The second-order valence-electron chi connectivity index (χ2n) is 6.18. The average Bonchev–Trinajstić information content (AvgIpc) is 3.25. The maximum atomic E-state index is 12.1. The molecule has 2 N–H and O–H groups in total. The molecule has 2 aliphatic rings. The van der Waals surface area contributed by atoms with E-state index >= 15 is 0 Å². The molecular formula is C17H20N4O3S. The molecule has 0 saturated heterocycles. The van der Waals surface area contributed by atoms with Crippen molar-refractivity contribution in [2.75, 3.05) is 5.32 Å². The van der Waals surface area contributed by atoms with E-state index in [4.69, 9.17) is 0 Å². The zero-order valence-electron chi connectivity index (χ0n) is 13.7. The Labute approximate surface area is 149 Å². The predicted molar refractivity (Wildman–Crippen MR) is 95.6 cm³/mol. The Morgan fingerprint density at radius 3 is 2.80 bits per heavy atom. The summed E-state index contributed by atoms with van der Waals surface area (Å²) < 4.78 is 0. The molecule has 0 bridgehead atoms. The van der Waals surface area contributed by atoms with Gasteiger partial charge in [0, 0.05) is 30.1 Å². The lowest BCUT2D eigenvalue weighted by Gasteiger charge is -2.11. The molecule has 0 aromatic carbocycles. The van der Waals surface area contributed by atoms with Crippen molar-refractivity contribution >= 4 is 40.4 Å². The van der Waals surface area contributed by atoms with Crippen LogP contribution in [0.5, 0.6) is 0 Å². The lowest BCUT2D eigenvalue weighted by Crippen LogP contribution is -2.32. The van der Waals surface area contributed by atoms with Gasteiger partial charge < -0.3 is 10.6 Å². The van der Waals surface area contributed by atoms with Crippen molar-refractivity contribution < 1.29 is 14.4 Å². The molecule has 2 heterocycles. The van der Waals surface area contributed by atoms with Crippen LogP contribution in [-0.4, -0.2) is 35.0 Å². The van der Waals surface area contributed by atoms with Crippen molar-refractivity contribution in [1.82, 2.24) is 10.3 Å². The van der Waals surface area contributed by atoms with Crippen LogP contribution < -0.4 is 10.6 Å². The molecule has 7 nitrogen and oxygen atoms in total. The summed E-state index contributed by atoms with van der Waals surface area (Å²) in [7, 11) is 0. The number of aromatic nitrogens is 1. The summed E-state index contributed by atoms with van der Waals surface area (Å²) in [5.41, 5.74) is 0.782. The molecule has 1 aliphatic carbocycles. The monoisotopic (exact) mass is 360 g/mol. The number of carbonyl (C=O) groups is 3. The standard InChI is InChI=1S/C17H20N4O3S/c22-14-7-5-11(9-18-14)16(24)21-17-20-13(10-25-17)6-8-15(23)19-12-3-1-2-4-12/h5,7,9-12H,1-4,6,8H2,(H,19,23)(H,20,21,24). The predicted octanol–water partition coefficient (Wildman–Crippen LogP) is 1.86. The molecule has 3 amide bonds. The molecule has 8 heteroatoms. The normalized spacial score (nSPS) is 20.0. The van der Waals surface area contributed by atoms with Crippen LogP contribution in [0.15, 0.2) is 22.5 Å². The number of aliphatic imine (C=N–C) groups is 1. The molecule has 1 fully saturated rings. The molecular weight excluding hydrogens is 340 g/mol. The van der Waals surface area contributed by atoms with E-state index in [1.165, 1.54) is 42.5 Å². The highest BCUT2D eigenvalue weighted by molar-refractivity contribution is 7.13. The quantitative estimate of drug-likeness (QED) is 0.808. The highest BCUT2D eigenvalue weighted by Gasteiger charge is 2.19. The van der Waals surface area contributed by atoms with Gasteiger partial charge in [-0.2, -0.15) is 0 Å². The van der Waals surface area contributed by atoms with E-state index in [2.05, 4.69) is 20.6 Å². The second-order valence-corrected chi connectivity index (χ2v) is 7.04. The van der Waals surface area contributed by atoms with E-state index in [9.17, 15) is 14.4 Å². The number of hydrogen-bond acceptors (Lipinski definition) is 5. The van der Waals surface area contributed by atoms with Crippen molar-refractivity contribution in [1.29, 1.82) is 0 Å². The van der Waals surface area contributed by atoms with Gasteiger partial charge in [-0.05, 0) is 19.3 Å². The summed E-state index contributed by atoms with van der Waals surface area (Å²) in [6.07, 6.45) is 9.57. The van der Waals surface area contributed by atoms with E-state index in [-0.39, 0.29) is 17.7 Å². The van der Waals surface area contributed by atoms with Crippen LogP contribution in [-0.2, 0) is 20.8 Å². The maximum Gasteiger partial charge on any atom is 0.269 e. The van der Waals surface area contributed by atoms with E-state index < -0.39 is 5.92 Å². The fraction of sp³-hybridized carbons (Fsp3) is 0.471. The third-order valence-electron chi connectivity index (χ3n) is 4.22. The Balaban J connectivity index is 1.44. The van der Waals surface area contributed by atoms with Crippen LogP contribution >= 0.6 is 11.3 Å². The topological polar surface area (TPSA) is 101 Å². The van der Waals surface area contributed by atoms with E-state index in [1.807, 2.05) is 5.38 Å². The van der Waals surface area contributed by atoms with Gasteiger partial charge in [-0.25, -0.2) is 9.98 Å². The van der Waals surface area contributed by atoms with Crippen molar-refractivity contribution in [2.24, 2.45) is 10.9 Å². The molecule has 1 aromatic rings. The lowest BCUT2D eigenvalue weighted by molar-refractivity contribution is -0.122. The number of nitrogens with one attached hydrogen (secondary N) is 2. The summed E-state index contributed by atoms with van der Waals surface area (Å²) in [4.78, 5) is 42.9. The Morgan fingerprint density at radius 1 is 1.28 bits per heavy atom. The number of nitrogens with zero attached hydrogens (tertiary/aromatic N) is 2. The van der Waals surface area contributed by atoms with Crippen LogP contribution in [0.3, 0.4) is 0 Å². The van der Waals surface area contributed by atoms with Crippen molar-refractivity contribution in [3.63, 3.8) is 0 Å². The highest BCUT2D eigenvalue weighted by atomic mass is 32.1. The molecule has 1 aliphatic heterocycles.